The number of aliphatic hydroxyl groups excluding tert-OH is 1. The van der Waals surface area contributed by atoms with Crippen LogP contribution in [0.5, 0.6) is 0 Å². The van der Waals surface area contributed by atoms with Crippen LogP contribution >= 0.6 is 0 Å². The van der Waals surface area contributed by atoms with Crippen molar-refractivity contribution in [3.05, 3.63) is 0 Å². The summed E-state index contributed by atoms with van der Waals surface area (Å²) in [5.74, 6) is -1.19. The number of rotatable bonds is 14. The molecule has 2 N–H and O–H groups in total. The van der Waals surface area contributed by atoms with Crippen molar-refractivity contribution in [1.82, 2.24) is 0 Å². The number of hydrogen-bond acceptors (Lipinski definition) is 2. The third-order valence-corrected chi connectivity index (χ3v) is 3.59. The van der Waals surface area contributed by atoms with Gasteiger partial charge < -0.3 is 10.2 Å². The number of carboxylic acid groups (broad SMARTS) is 1. The summed E-state index contributed by atoms with van der Waals surface area (Å²) in [5.41, 5.74) is 0. The fourth-order valence-electron chi connectivity index (χ4n) is 2.27. The molecule has 0 atom stereocenters. The molecule has 0 saturated carbocycles. The minimum Gasteiger partial charge on any atom is -0.480 e. The molecule has 3 nitrogen and oxygen atoms in total. The van der Waals surface area contributed by atoms with Crippen LogP contribution in [0.1, 0.15) is 104 Å². The molecule has 0 saturated heterocycles. The Bertz CT molecular complexity index is 179. The first-order valence-electron chi connectivity index (χ1n) is 9.01. The van der Waals surface area contributed by atoms with E-state index in [4.69, 9.17) is 15.0 Å². The first kappa shape index (κ1) is 22.7. The van der Waals surface area contributed by atoms with Crippen molar-refractivity contribution >= 4 is 5.97 Å². The molecule has 0 aliphatic rings. The molecule has 0 aliphatic heterocycles. The largest absolute Gasteiger partial charge is 0.480 e. The molecule has 0 heterocycles. The third kappa shape index (κ3) is 28.3. The van der Waals surface area contributed by atoms with Gasteiger partial charge in [0.25, 0.3) is 0 Å². The average molecular weight is 302 g/mol. The van der Waals surface area contributed by atoms with Gasteiger partial charge in [-0.1, -0.05) is 104 Å². The van der Waals surface area contributed by atoms with Crippen LogP contribution in [0.2, 0.25) is 0 Å². The Morgan fingerprint density at radius 2 is 0.810 bits per heavy atom. The normalized spacial score (nSPS) is 10.0. The standard InChI is InChI=1S/C16H34.C2H4O3/c1-3-5-7-9-11-13-15-16-14-12-10-8-6-4-2;3-1-2(4)5/h3-16H2,1-2H3;3H,1H2,(H,4,5). The van der Waals surface area contributed by atoms with Crippen molar-refractivity contribution in [2.24, 2.45) is 0 Å². The fourth-order valence-corrected chi connectivity index (χ4v) is 2.27. The van der Waals surface area contributed by atoms with Gasteiger partial charge in [-0.3, -0.25) is 0 Å². The van der Waals surface area contributed by atoms with Gasteiger partial charge in [0, 0.05) is 0 Å². The molecule has 0 aromatic carbocycles. The van der Waals surface area contributed by atoms with Crippen molar-refractivity contribution in [3.63, 3.8) is 0 Å². The molecule has 3 heteroatoms. The Hall–Kier alpha value is -0.570. The van der Waals surface area contributed by atoms with Gasteiger partial charge in [-0.15, -0.1) is 0 Å². The molecule has 0 aromatic heterocycles. The summed E-state index contributed by atoms with van der Waals surface area (Å²) >= 11 is 0. The lowest BCUT2D eigenvalue weighted by molar-refractivity contribution is -0.140. The second-order valence-electron chi connectivity index (χ2n) is 5.79. The van der Waals surface area contributed by atoms with Crippen LogP contribution in [0.25, 0.3) is 0 Å². The quantitative estimate of drug-likeness (QED) is 0.413. The van der Waals surface area contributed by atoms with E-state index in [0.29, 0.717) is 0 Å². The number of carbonyl (C=O) groups is 1. The van der Waals surface area contributed by atoms with Crippen LogP contribution < -0.4 is 0 Å². The summed E-state index contributed by atoms with van der Waals surface area (Å²) < 4.78 is 0. The van der Waals surface area contributed by atoms with Crippen LogP contribution in [0, 0.1) is 0 Å². The van der Waals surface area contributed by atoms with Gasteiger partial charge in [-0.05, 0) is 0 Å². The van der Waals surface area contributed by atoms with Gasteiger partial charge >= 0.3 is 5.97 Å². The first-order valence-corrected chi connectivity index (χ1v) is 9.01. The first-order chi connectivity index (χ1) is 10.2. The topological polar surface area (TPSA) is 57.5 Å². The lowest BCUT2D eigenvalue weighted by Gasteiger charge is -2.02. The van der Waals surface area contributed by atoms with E-state index in [1.54, 1.807) is 0 Å². The summed E-state index contributed by atoms with van der Waals surface area (Å²) in [7, 11) is 0. The molecule has 0 aromatic rings. The highest BCUT2D eigenvalue weighted by Crippen LogP contribution is 2.12. The lowest BCUT2D eigenvalue weighted by atomic mass is 10.0. The SMILES string of the molecule is CCCCCCCCCCCCCCCC.O=C(O)CO. The van der Waals surface area contributed by atoms with Crippen molar-refractivity contribution in [1.29, 1.82) is 0 Å². The van der Waals surface area contributed by atoms with Gasteiger partial charge in [0.15, 0.2) is 0 Å². The Balaban J connectivity index is 0. The molecule has 0 radical (unpaired) electrons. The average Bonchev–Trinajstić information content (AvgIpc) is 2.49. The molecule has 128 valence electrons. The van der Waals surface area contributed by atoms with Crippen LogP contribution in [-0.4, -0.2) is 22.8 Å². The smallest absolute Gasteiger partial charge is 0.329 e. The molecule has 0 fully saturated rings. The van der Waals surface area contributed by atoms with E-state index in [0.717, 1.165) is 0 Å². The molecule has 0 amide bonds. The van der Waals surface area contributed by atoms with Gasteiger partial charge in [-0.25, -0.2) is 4.79 Å². The van der Waals surface area contributed by atoms with E-state index >= 15 is 0 Å². The van der Waals surface area contributed by atoms with Crippen molar-refractivity contribution < 1.29 is 15.0 Å². The zero-order valence-electron chi connectivity index (χ0n) is 14.4. The molecule has 21 heavy (non-hydrogen) atoms. The van der Waals surface area contributed by atoms with E-state index in [-0.39, 0.29) is 0 Å². The molecule has 0 rings (SSSR count). The van der Waals surface area contributed by atoms with Crippen LogP contribution in [0.3, 0.4) is 0 Å². The van der Waals surface area contributed by atoms with Crippen LogP contribution in [-0.2, 0) is 4.79 Å². The second-order valence-corrected chi connectivity index (χ2v) is 5.79. The summed E-state index contributed by atoms with van der Waals surface area (Å²) in [4.78, 5) is 9.12. The number of unbranched alkanes of at least 4 members (excludes halogenated alkanes) is 13. The molecular formula is C18H38O3. The van der Waals surface area contributed by atoms with E-state index in [1.807, 2.05) is 0 Å². The number of aliphatic hydroxyl groups is 1. The molecular weight excluding hydrogens is 264 g/mol. The predicted molar refractivity (Wildman–Crippen MR) is 90.7 cm³/mol. The number of carboxylic acids is 1. The van der Waals surface area contributed by atoms with Gasteiger partial charge in [0.1, 0.15) is 6.61 Å². The Labute approximate surface area is 132 Å². The predicted octanol–water partition coefficient (Wildman–Crippen LogP) is 5.55. The highest BCUT2D eigenvalue weighted by Gasteiger charge is 1.92. The summed E-state index contributed by atoms with van der Waals surface area (Å²) in [6, 6.07) is 0. The van der Waals surface area contributed by atoms with Crippen molar-refractivity contribution in [3.8, 4) is 0 Å². The van der Waals surface area contributed by atoms with E-state index in [9.17, 15) is 0 Å². The van der Waals surface area contributed by atoms with Gasteiger partial charge in [0.05, 0.1) is 0 Å². The van der Waals surface area contributed by atoms with E-state index in [1.165, 1.54) is 89.9 Å². The van der Waals surface area contributed by atoms with Gasteiger partial charge in [-0.2, -0.15) is 0 Å². The van der Waals surface area contributed by atoms with Crippen molar-refractivity contribution in [2.45, 2.75) is 104 Å². The van der Waals surface area contributed by atoms with E-state index < -0.39 is 12.6 Å². The number of aliphatic carboxylic acids is 1. The van der Waals surface area contributed by atoms with Gasteiger partial charge in [0.2, 0.25) is 0 Å². The molecule has 0 unspecified atom stereocenters. The highest BCUT2D eigenvalue weighted by molar-refractivity contribution is 5.67. The third-order valence-electron chi connectivity index (χ3n) is 3.59. The minimum absolute atomic E-state index is 0.778. The lowest BCUT2D eigenvalue weighted by Crippen LogP contribution is -1.98. The summed E-state index contributed by atoms with van der Waals surface area (Å²) in [5, 5.41) is 15.0. The fraction of sp³-hybridized carbons (Fsp3) is 0.944. The zero-order valence-corrected chi connectivity index (χ0v) is 14.4. The molecule has 0 aliphatic carbocycles. The number of hydrogen-bond donors (Lipinski definition) is 2. The van der Waals surface area contributed by atoms with Crippen molar-refractivity contribution in [2.75, 3.05) is 6.61 Å². The van der Waals surface area contributed by atoms with Crippen LogP contribution in [0.4, 0.5) is 0 Å². The Morgan fingerprint density at radius 3 is 0.952 bits per heavy atom. The minimum atomic E-state index is -1.19. The Morgan fingerprint density at radius 1 is 0.619 bits per heavy atom. The monoisotopic (exact) mass is 302 g/mol. The summed E-state index contributed by atoms with van der Waals surface area (Å²) in [6.07, 6.45) is 20.4. The molecule has 0 bridgehead atoms. The Kier molecular flexibility index (Phi) is 23.5. The maximum atomic E-state index is 9.12. The van der Waals surface area contributed by atoms with Crippen LogP contribution in [0.15, 0.2) is 0 Å². The summed E-state index contributed by atoms with van der Waals surface area (Å²) in [6.45, 7) is 3.80. The van der Waals surface area contributed by atoms with E-state index in [2.05, 4.69) is 13.8 Å². The second kappa shape index (κ2) is 21.7. The zero-order chi connectivity index (χ0) is 16.2. The maximum Gasteiger partial charge on any atom is 0.329 e. The maximum absolute atomic E-state index is 9.12. The molecule has 0 spiro atoms. The highest BCUT2D eigenvalue weighted by atomic mass is 16.4.